The number of phenolic OH excluding ortho intramolecular Hbond substituents is 1. The van der Waals surface area contributed by atoms with Crippen molar-refractivity contribution in [3.8, 4) is 28.3 Å². The van der Waals surface area contributed by atoms with Crippen molar-refractivity contribution < 1.29 is 5.11 Å². The lowest BCUT2D eigenvalue weighted by Crippen LogP contribution is -2.03. The molecule has 0 atom stereocenters. The van der Waals surface area contributed by atoms with Gasteiger partial charge in [0.25, 0.3) is 5.95 Å². The minimum absolute atomic E-state index is 0.116. The highest BCUT2D eigenvalue weighted by Crippen LogP contribution is 2.30. The van der Waals surface area contributed by atoms with Gasteiger partial charge >= 0.3 is 0 Å². The molecule has 0 amide bonds. The second-order valence-corrected chi connectivity index (χ2v) is 7.10. The number of nitrogens with one attached hydrogen (secondary N) is 1. The monoisotopic (exact) mass is 435 g/mol. The normalized spacial score (nSPS) is 11.0. The van der Waals surface area contributed by atoms with Gasteiger partial charge in [-0.25, -0.2) is 10.4 Å². The smallest absolute Gasteiger partial charge is 0.263 e. The molecule has 0 unspecified atom stereocenters. The Hall–Kier alpha value is -3.48. The van der Waals surface area contributed by atoms with Crippen molar-refractivity contribution in [1.82, 2.24) is 15.2 Å². The first-order valence-electron chi connectivity index (χ1n) is 8.94. The van der Waals surface area contributed by atoms with Crippen LogP contribution >= 0.6 is 23.2 Å². The van der Waals surface area contributed by atoms with Gasteiger partial charge in [0, 0.05) is 21.7 Å². The molecule has 0 spiro atoms. The Balaban J connectivity index is 1.67. The maximum Gasteiger partial charge on any atom is 0.263 e. The molecule has 0 fully saturated rings. The molecular formula is C22H15Cl2N5O. The number of nitrogens with zero attached hydrogens (tertiary/aromatic N) is 4. The molecule has 2 N–H and O–H groups in total. The molecule has 4 rings (SSSR count). The lowest BCUT2D eigenvalue weighted by atomic mass is 10.0. The highest BCUT2D eigenvalue weighted by molar-refractivity contribution is 6.36. The Labute approximate surface area is 182 Å². The average molecular weight is 436 g/mol. The van der Waals surface area contributed by atoms with Crippen LogP contribution in [0.5, 0.6) is 5.75 Å². The Morgan fingerprint density at radius 2 is 1.47 bits per heavy atom. The maximum atomic E-state index is 10.0. The zero-order valence-electron chi connectivity index (χ0n) is 15.5. The van der Waals surface area contributed by atoms with Crippen LogP contribution in [0.1, 0.15) is 5.56 Å². The van der Waals surface area contributed by atoms with Crippen LogP contribution in [0.4, 0.5) is 5.95 Å². The molecule has 8 heteroatoms. The second-order valence-electron chi connectivity index (χ2n) is 6.26. The van der Waals surface area contributed by atoms with Crippen molar-refractivity contribution in [2.24, 2.45) is 5.10 Å². The second kappa shape index (κ2) is 8.90. The summed E-state index contributed by atoms with van der Waals surface area (Å²) < 4.78 is 0. The molecule has 0 aliphatic carbocycles. The van der Waals surface area contributed by atoms with Gasteiger partial charge in [0.2, 0.25) is 0 Å². The molecule has 1 heterocycles. The maximum absolute atomic E-state index is 10.0. The van der Waals surface area contributed by atoms with E-state index in [0.29, 0.717) is 22.0 Å². The van der Waals surface area contributed by atoms with Crippen molar-refractivity contribution in [2.75, 3.05) is 5.43 Å². The van der Waals surface area contributed by atoms with E-state index in [1.165, 1.54) is 12.3 Å². The van der Waals surface area contributed by atoms with Crippen molar-refractivity contribution in [2.45, 2.75) is 0 Å². The number of halogens is 2. The van der Waals surface area contributed by atoms with Crippen molar-refractivity contribution >= 4 is 35.4 Å². The zero-order chi connectivity index (χ0) is 20.9. The largest absolute Gasteiger partial charge is 0.506 e. The minimum atomic E-state index is -0.116. The highest BCUT2D eigenvalue weighted by atomic mass is 35.5. The number of hydrogen-bond donors (Lipinski definition) is 2. The first-order valence-corrected chi connectivity index (χ1v) is 9.70. The fourth-order valence-corrected chi connectivity index (χ4v) is 3.31. The summed E-state index contributed by atoms with van der Waals surface area (Å²) in [4.78, 5) is 4.59. The van der Waals surface area contributed by atoms with Gasteiger partial charge in [0.15, 0.2) is 0 Å². The van der Waals surface area contributed by atoms with E-state index in [1.54, 1.807) is 6.07 Å². The van der Waals surface area contributed by atoms with E-state index in [-0.39, 0.29) is 16.7 Å². The van der Waals surface area contributed by atoms with Crippen LogP contribution in [0.15, 0.2) is 77.9 Å². The van der Waals surface area contributed by atoms with Gasteiger partial charge < -0.3 is 5.11 Å². The summed E-state index contributed by atoms with van der Waals surface area (Å²) in [7, 11) is 0. The fraction of sp³-hybridized carbons (Fsp3) is 0. The first-order chi connectivity index (χ1) is 14.6. The average Bonchev–Trinajstić information content (AvgIpc) is 2.78. The topological polar surface area (TPSA) is 83.3 Å². The number of hydrazone groups is 1. The lowest BCUT2D eigenvalue weighted by molar-refractivity contribution is 0.475. The first kappa shape index (κ1) is 19.8. The van der Waals surface area contributed by atoms with E-state index in [9.17, 15) is 5.11 Å². The van der Waals surface area contributed by atoms with E-state index in [0.717, 1.165) is 11.1 Å². The summed E-state index contributed by atoms with van der Waals surface area (Å²) in [5.41, 5.74) is 6.23. The van der Waals surface area contributed by atoms with Gasteiger partial charge in [-0.15, -0.1) is 10.2 Å². The third kappa shape index (κ3) is 4.40. The molecule has 0 aliphatic heterocycles. The molecule has 148 valence electrons. The Bertz CT molecular complexity index is 1200. The van der Waals surface area contributed by atoms with Gasteiger partial charge in [0.1, 0.15) is 17.1 Å². The summed E-state index contributed by atoms with van der Waals surface area (Å²) >= 11 is 11.9. The van der Waals surface area contributed by atoms with Crippen LogP contribution < -0.4 is 5.43 Å². The number of phenols is 1. The van der Waals surface area contributed by atoms with E-state index in [2.05, 4.69) is 25.7 Å². The van der Waals surface area contributed by atoms with Crippen LogP contribution in [0.3, 0.4) is 0 Å². The number of rotatable bonds is 5. The third-order valence-electron chi connectivity index (χ3n) is 4.21. The van der Waals surface area contributed by atoms with E-state index >= 15 is 0 Å². The van der Waals surface area contributed by atoms with Crippen LogP contribution in [-0.2, 0) is 0 Å². The number of anilines is 1. The predicted octanol–water partition coefficient (Wildman–Crippen LogP) is 5.66. The quantitative estimate of drug-likeness (QED) is 0.311. The van der Waals surface area contributed by atoms with Gasteiger partial charge in [-0.05, 0) is 12.1 Å². The van der Waals surface area contributed by atoms with Gasteiger partial charge in [0.05, 0.1) is 11.2 Å². The Morgan fingerprint density at radius 3 is 2.13 bits per heavy atom. The molecular weight excluding hydrogens is 421 g/mol. The van der Waals surface area contributed by atoms with Crippen molar-refractivity contribution in [1.29, 1.82) is 0 Å². The van der Waals surface area contributed by atoms with Gasteiger partial charge in [-0.3, -0.25) is 0 Å². The Kier molecular flexibility index (Phi) is 5.88. The summed E-state index contributed by atoms with van der Waals surface area (Å²) in [5, 5.41) is 23.1. The van der Waals surface area contributed by atoms with Gasteiger partial charge in [-0.2, -0.15) is 5.10 Å². The summed E-state index contributed by atoms with van der Waals surface area (Å²) in [5.74, 6) is 0.0902. The van der Waals surface area contributed by atoms with Crippen molar-refractivity contribution in [3.05, 3.63) is 88.4 Å². The summed E-state index contributed by atoms with van der Waals surface area (Å²) in [6.45, 7) is 0. The SMILES string of the molecule is Oc1c(Cl)cc(Cl)cc1C=NNc1nnc(-c2ccccc2)c(-c2ccccc2)n1. The summed E-state index contributed by atoms with van der Waals surface area (Å²) in [6.07, 6.45) is 1.38. The van der Waals surface area contributed by atoms with E-state index in [4.69, 9.17) is 23.2 Å². The summed E-state index contributed by atoms with van der Waals surface area (Å²) in [6, 6.07) is 22.4. The van der Waals surface area contributed by atoms with E-state index in [1.807, 2.05) is 60.7 Å². The van der Waals surface area contributed by atoms with Gasteiger partial charge in [-0.1, -0.05) is 83.9 Å². The van der Waals surface area contributed by atoms with E-state index < -0.39 is 0 Å². The molecule has 0 bridgehead atoms. The fourth-order valence-electron chi connectivity index (χ4n) is 2.80. The standard InChI is InChI=1S/C22H15Cl2N5O/c23-17-11-16(21(30)18(24)12-17)13-25-28-22-26-19(14-7-3-1-4-8-14)20(27-29-22)15-9-5-2-6-10-15/h1-13,30H,(H,26,28,29). The molecule has 0 radical (unpaired) electrons. The lowest BCUT2D eigenvalue weighted by Gasteiger charge is -2.09. The predicted molar refractivity (Wildman–Crippen MR) is 120 cm³/mol. The number of hydrogen-bond acceptors (Lipinski definition) is 6. The third-order valence-corrected chi connectivity index (χ3v) is 4.71. The molecule has 0 aliphatic rings. The van der Waals surface area contributed by atoms with Crippen LogP contribution in [-0.4, -0.2) is 26.5 Å². The number of benzene rings is 3. The van der Waals surface area contributed by atoms with Crippen LogP contribution in [0.2, 0.25) is 10.0 Å². The molecule has 0 saturated carbocycles. The van der Waals surface area contributed by atoms with Crippen LogP contribution in [0, 0.1) is 0 Å². The minimum Gasteiger partial charge on any atom is -0.506 e. The zero-order valence-corrected chi connectivity index (χ0v) is 17.0. The molecule has 4 aromatic rings. The van der Waals surface area contributed by atoms with Crippen molar-refractivity contribution in [3.63, 3.8) is 0 Å². The molecule has 1 aromatic heterocycles. The molecule has 6 nitrogen and oxygen atoms in total. The Morgan fingerprint density at radius 1 is 0.833 bits per heavy atom. The molecule has 0 saturated heterocycles. The number of aromatic hydroxyl groups is 1. The highest BCUT2D eigenvalue weighted by Gasteiger charge is 2.13. The van der Waals surface area contributed by atoms with Crippen LogP contribution in [0.25, 0.3) is 22.5 Å². The molecule has 3 aromatic carbocycles. The number of aromatic nitrogens is 3. The molecule has 30 heavy (non-hydrogen) atoms.